The lowest BCUT2D eigenvalue weighted by Gasteiger charge is -2.24. The van der Waals surface area contributed by atoms with Crippen LogP contribution in [0.3, 0.4) is 0 Å². The summed E-state index contributed by atoms with van der Waals surface area (Å²) in [5.74, 6) is 1.82. The Balaban J connectivity index is 1.76. The van der Waals surface area contributed by atoms with Gasteiger partial charge in [-0.3, -0.25) is 0 Å². The standard InChI is InChI=1S/C18H13O2/c1-2-8-16-13(5-1)10-11-18(20-16)15-6-3-9-17-14(15)7-4-12-19-17/h2-11,18H,12H2. The highest BCUT2D eigenvalue weighted by atomic mass is 16.5. The first kappa shape index (κ1) is 11.4. The predicted octanol–water partition coefficient (Wildman–Crippen LogP) is 4.04. The maximum Gasteiger partial charge on any atom is 0.143 e. The van der Waals surface area contributed by atoms with E-state index in [1.807, 2.05) is 36.4 Å². The normalized spacial score (nSPS) is 18.7. The molecule has 0 aromatic heterocycles. The highest BCUT2D eigenvalue weighted by molar-refractivity contribution is 5.66. The predicted molar refractivity (Wildman–Crippen MR) is 78.7 cm³/mol. The van der Waals surface area contributed by atoms with Crippen LogP contribution in [-0.2, 0) is 0 Å². The Morgan fingerprint density at radius 2 is 2.10 bits per heavy atom. The molecule has 97 valence electrons. The minimum atomic E-state index is -0.0776. The van der Waals surface area contributed by atoms with Gasteiger partial charge in [-0.05, 0) is 36.4 Å². The molecule has 2 aliphatic rings. The Hall–Kier alpha value is -2.48. The van der Waals surface area contributed by atoms with E-state index >= 15 is 0 Å². The second kappa shape index (κ2) is 4.57. The van der Waals surface area contributed by atoms with Crippen molar-refractivity contribution in [2.45, 2.75) is 6.10 Å². The Bertz CT molecular complexity index is 713. The van der Waals surface area contributed by atoms with Gasteiger partial charge >= 0.3 is 0 Å². The molecule has 0 aliphatic carbocycles. The molecule has 2 aromatic rings. The van der Waals surface area contributed by atoms with Crippen molar-refractivity contribution in [3.63, 3.8) is 0 Å². The lowest BCUT2D eigenvalue weighted by atomic mass is 9.97. The maximum absolute atomic E-state index is 6.09. The van der Waals surface area contributed by atoms with Crippen LogP contribution in [0.5, 0.6) is 11.5 Å². The van der Waals surface area contributed by atoms with Crippen molar-refractivity contribution in [3.05, 3.63) is 71.3 Å². The van der Waals surface area contributed by atoms with Crippen LogP contribution in [-0.4, -0.2) is 6.61 Å². The first-order chi connectivity index (χ1) is 9.92. The molecule has 0 N–H and O–H groups in total. The van der Waals surface area contributed by atoms with E-state index in [0.717, 1.165) is 28.2 Å². The molecule has 0 saturated carbocycles. The SMILES string of the molecule is [c]1ccc2c(c1)C=CC(c1cccc3c1C=CCO3)O2. The Morgan fingerprint density at radius 3 is 3.10 bits per heavy atom. The molecule has 1 unspecified atom stereocenters. The molecular formula is C18H13O2. The number of rotatable bonds is 1. The van der Waals surface area contributed by atoms with Crippen molar-refractivity contribution in [3.8, 4) is 11.5 Å². The van der Waals surface area contributed by atoms with Crippen molar-refractivity contribution in [1.82, 2.24) is 0 Å². The molecule has 2 aromatic carbocycles. The molecule has 20 heavy (non-hydrogen) atoms. The highest BCUT2D eigenvalue weighted by Gasteiger charge is 2.21. The largest absolute Gasteiger partial charge is 0.489 e. The van der Waals surface area contributed by atoms with Crippen LogP contribution < -0.4 is 9.47 Å². The van der Waals surface area contributed by atoms with Crippen LogP contribution in [0.25, 0.3) is 12.2 Å². The number of benzene rings is 2. The summed E-state index contributed by atoms with van der Waals surface area (Å²) in [6, 6.07) is 14.9. The number of fused-ring (bicyclic) bond motifs is 2. The van der Waals surface area contributed by atoms with Gasteiger partial charge in [0.05, 0.1) is 0 Å². The summed E-state index contributed by atoms with van der Waals surface area (Å²) in [4.78, 5) is 0. The summed E-state index contributed by atoms with van der Waals surface area (Å²) in [5, 5.41) is 0. The van der Waals surface area contributed by atoms with E-state index in [-0.39, 0.29) is 6.10 Å². The maximum atomic E-state index is 6.09. The van der Waals surface area contributed by atoms with Gasteiger partial charge in [0.15, 0.2) is 0 Å². The van der Waals surface area contributed by atoms with Gasteiger partial charge in [-0.15, -0.1) is 0 Å². The van der Waals surface area contributed by atoms with Gasteiger partial charge in [0.2, 0.25) is 0 Å². The zero-order chi connectivity index (χ0) is 13.4. The second-order valence-corrected chi connectivity index (χ2v) is 4.83. The first-order valence-electron chi connectivity index (χ1n) is 6.69. The summed E-state index contributed by atoms with van der Waals surface area (Å²) in [6.45, 7) is 0.635. The van der Waals surface area contributed by atoms with Gasteiger partial charge in [0.1, 0.15) is 24.2 Å². The fourth-order valence-corrected chi connectivity index (χ4v) is 2.62. The van der Waals surface area contributed by atoms with Crippen LogP contribution >= 0.6 is 0 Å². The van der Waals surface area contributed by atoms with E-state index in [9.17, 15) is 0 Å². The van der Waals surface area contributed by atoms with Crippen molar-refractivity contribution in [1.29, 1.82) is 0 Å². The summed E-state index contributed by atoms with van der Waals surface area (Å²) in [5.41, 5.74) is 3.31. The third-order valence-electron chi connectivity index (χ3n) is 3.58. The molecule has 2 nitrogen and oxygen atoms in total. The molecule has 4 rings (SSSR count). The number of ether oxygens (including phenoxy) is 2. The quantitative estimate of drug-likeness (QED) is 0.771. The van der Waals surface area contributed by atoms with E-state index in [1.54, 1.807) is 0 Å². The monoisotopic (exact) mass is 261 g/mol. The first-order valence-corrected chi connectivity index (χ1v) is 6.69. The molecule has 0 fully saturated rings. The highest BCUT2D eigenvalue weighted by Crippen LogP contribution is 2.37. The van der Waals surface area contributed by atoms with Gasteiger partial charge in [-0.2, -0.15) is 0 Å². The molecule has 2 aliphatic heterocycles. The summed E-state index contributed by atoms with van der Waals surface area (Å²) < 4.78 is 11.7. The third-order valence-corrected chi connectivity index (χ3v) is 3.58. The Kier molecular flexibility index (Phi) is 2.59. The molecule has 0 amide bonds. The van der Waals surface area contributed by atoms with Crippen LogP contribution in [0.1, 0.15) is 22.8 Å². The van der Waals surface area contributed by atoms with Gasteiger partial charge in [-0.25, -0.2) is 0 Å². The molecule has 2 heterocycles. The molecular weight excluding hydrogens is 248 g/mol. The molecule has 1 atom stereocenters. The minimum absolute atomic E-state index is 0.0776. The number of hydrogen-bond donors (Lipinski definition) is 0. The summed E-state index contributed by atoms with van der Waals surface area (Å²) >= 11 is 0. The molecule has 1 radical (unpaired) electrons. The van der Waals surface area contributed by atoms with E-state index in [1.165, 1.54) is 0 Å². The van der Waals surface area contributed by atoms with Gasteiger partial charge < -0.3 is 9.47 Å². The molecule has 2 heteroatoms. The van der Waals surface area contributed by atoms with Crippen LogP contribution in [0.2, 0.25) is 0 Å². The fourth-order valence-electron chi connectivity index (χ4n) is 2.62. The van der Waals surface area contributed by atoms with Crippen LogP contribution in [0, 0.1) is 6.07 Å². The van der Waals surface area contributed by atoms with Crippen molar-refractivity contribution >= 4 is 12.2 Å². The van der Waals surface area contributed by atoms with Crippen molar-refractivity contribution < 1.29 is 9.47 Å². The average molecular weight is 261 g/mol. The molecule has 0 bridgehead atoms. The number of hydrogen-bond acceptors (Lipinski definition) is 2. The van der Waals surface area contributed by atoms with Crippen molar-refractivity contribution in [2.75, 3.05) is 6.61 Å². The lowest BCUT2D eigenvalue weighted by molar-refractivity contribution is 0.250. The van der Waals surface area contributed by atoms with E-state index in [2.05, 4.69) is 30.4 Å². The Morgan fingerprint density at radius 1 is 1.10 bits per heavy atom. The average Bonchev–Trinajstić information content (AvgIpc) is 2.54. The van der Waals surface area contributed by atoms with Gasteiger partial charge in [0.25, 0.3) is 0 Å². The lowest BCUT2D eigenvalue weighted by Crippen LogP contribution is -2.12. The van der Waals surface area contributed by atoms with E-state index in [0.29, 0.717) is 6.61 Å². The minimum Gasteiger partial charge on any atom is -0.489 e. The Labute approximate surface area is 118 Å². The zero-order valence-electron chi connectivity index (χ0n) is 10.9. The zero-order valence-corrected chi connectivity index (χ0v) is 10.9. The van der Waals surface area contributed by atoms with Crippen LogP contribution in [0.4, 0.5) is 0 Å². The molecule has 0 spiro atoms. The van der Waals surface area contributed by atoms with Crippen molar-refractivity contribution in [2.24, 2.45) is 0 Å². The smallest absolute Gasteiger partial charge is 0.143 e. The topological polar surface area (TPSA) is 18.5 Å². The van der Waals surface area contributed by atoms with Crippen LogP contribution in [0.15, 0.2) is 48.6 Å². The second-order valence-electron chi connectivity index (χ2n) is 4.83. The van der Waals surface area contributed by atoms with E-state index in [4.69, 9.17) is 9.47 Å². The summed E-state index contributed by atoms with van der Waals surface area (Å²) in [7, 11) is 0. The van der Waals surface area contributed by atoms with Gasteiger partial charge in [0, 0.05) is 16.7 Å². The van der Waals surface area contributed by atoms with Gasteiger partial charge in [-0.1, -0.05) is 30.4 Å². The fraction of sp³-hybridized carbons (Fsp3) is 0.111. The van der Waals surface area contributed by atoms with E-state index < -0.39 is 0 Å². The third kappa shape index (κ3) is 1.81. The molecule has 0 saturated heterocycles. The summed E-state index contributed by atoms with van der Waals surface area (Å²) in [6.07, 6.45) is 8.23.